The number of nitrogens with zero attached hydrogens (tertiary/aromatic N) is 1. The largest absolute Gasteiger partial charge is 0.460 e. The summed E-state index contributed by atoms with van der Waals surface area (Å²) in [5, 5.41) is 7.78. The van der Waals surface area contributed by atoms with Gasteiger partial charge in [-0.2, -0.15) is 30.7 Å². The summed E-state index contributed by atoms with van der Waals surface area (Å²) in [4.78, 5) is 21.9. The highest BCUT2D eigenvalue weighted by molar-refractivity contribution is 9.11. The van der Waals surface area contributed by atoms with Gasteiger partial charge < -0.3 is 5.32 Å². The summed E-state index contributed by atoms with van der Waals surface area (Å²) in [6.45, 7) is 0. The Labute approximate surface area is 189 Å². The molecule has 0 spiro atoms. The van der Waals surface area contributed by atoms with Gasteiger partial charge in [-0.25, -0.2) is 0 Å². The van der Waals surface area contributed by atoms with Crippen LogP contribution in [-0.2, 0) is 0 Å². The molecule has 0 bridgehead atoms. The first-order valence-corrected chi connectivity index (χ1v) is 10.0. The predicted octanol–water partition coefficient (Wildman–Crippen LogP) is 7.25. The number of carbonyl (C=O) groups is 1. The van der Waals surface area contributed by atoms with Crippen molar-refractivity contribution in [1.82, 2.24) is 0 Å². The van der Waals surface area contributed by atoms with Crippen LogP contribution in [0.3, 0.4) is 0 Å². The van der Waals surface area contributed by atoms with Crippen LogP contribution in [0.5, 0.6) is 0 Å². The van der Waals surface area contributed by atoms with Gasteiger partial charge in [0.15, 0.2) is 0 Å². The molecule has 0 aromatic heterocycles. The van der Waals surface area contributed by atoms with Gasteiger partial charge in [-0.3, -0.25) is 14.9 Å². The first-order chi connectivity index (χ1) is 14.1. The van der Waals surface area contributed by atoms with Crippen molar-refractivity contribution in [2.24, 2.45) is 0 Å². The van der Waals surface area contributed by atoms with Crippen molar-refractivity contribution < 1.29 is 40.5 Å². The second-order valence-corrected chi connectivity index (χ2v) is 8.58. The average Bonchev–Trinajstić information content (AvgIpc) is 2.63. The molecule has 15 heteroatoms. The van der Waals surface area contributed by atoms with Crippen LogP contribution in [0.1, 0.15) is 10.4 Å². The lowest BCUT2D eigenvalue weighted by Gasteiger charge is -2.27. The molecule has 2 aromatic rings. The third-order valence-electron chi connectivity index (χ3n) is 3.57. The van der Waals surface area contributed by atoms with Gasteiger partial charge >= 0.3 is 17.4 Å². The highest BCUT2D eigenvalue weighted by atomic mass is 79.9. The van der Waals surface area contributed by atoms with Crippen LogP contribution in [0.4, 0.5) is 42.1 Å². The van der Waals surface area contributed by atoms with E-state index in [0.717, 1.165) is 24.3 Å². The number of rotatable bonds is 6. The fourth-order valence-electron chi connectivity index (χ4n) is 2.11. The Hall–Kier alpha value is -1.87. The lowest BCUT2D eigenvalue weighted by molar-refractivity contribution is -0.385. The number of carbonyl (C=O) groups excluding carboxylic acids is 1. The Bertz CT molecular complexity index is 1010. The normalized spacial score (nSPS) is 12.5. The van der Waals surface area contributed by atoms with E-state index in [4.69, 9.17) is 0 Å². The summed E-state index contributed by atoms with van der Waals surface area (Å²) in [6, 6.07) is 6.47. The molecular weight excluding hydrogens is 593 g/mol. The molecule has 1 amide bonds. The van der Waals surface area contributed by atoms with Crippen molar-refractivity contribution in [2.75, 3.05) is 5.32 Å². The van der Waals surface area contributed by atoms with Gasteiger partial charge in [0.2, 0.25) is 0 Å². The highest BCUT2D eigenvalue weighted by Gasteiger charge is 2.73. The van der Waals surface area contributed by atoms with E-state index in [1.807, 2.05) is 0 Å². The number of anilines is 1. The predicted molar refractivity (Wildman–Crippen MR) is 105 cm³/mol. The number of benzene rings is 2. The van der Waals surface area contributed by atoms with Crippen molar-refractivity contribution in [2.45, 2.75) is 22.2 Å². The van der Waals surface area contributed by atoms with Crippen molar-refractivity contribution in [3.8, 4) is 0 Å². The van der Waals surface area contributed by atoms with Crippen LogP contribution < -0.4 is 5.32 Å². The molecular formula is C16H7Br2F7N2O3S. The molecule has 0 aliphatic carbocycles. The second kappa shape index (κ2) is 8.94. The van der Waals surface area contributed by atoms with Crippen LogP contribution >= 0.6 is 43.6 Å². The van der Waals surface area contributed by atoms with Crippen LogP contribution in [0.25, 0.3) is 0 Å². The van der Waals surface area contributed by atoms with E-state index in [2.05, 4.69) is 37.2 Å². The quantitative estimate of drug-likeness (QED) is 0.164. The van der Waals surface area contributed by atoms with E-state index < -0.39 is 50.5 Å². The minimum absolute atomic E-state index is 0.126. The van der Waals surface area contributed by atoms with Crippen molar-refractivity contribution >= 4 is 60.9 Å². The number of hydrogen-bond acceptors (Lipinski definition) is 4. The van der Waals surface area contributed by atoms with E-state index in [-0.39, 0.29) is 20.2 Å². The number of nitrogens with one attached hydrogen (secondary N) is 1. The van der Waals surface area contributed by atoms with E-state index in [1.165, 1.54) is 12.1 Å². The molecule has 2 rings (SSSR count). The zero-order valence-corrected chi connectivity index (χ0v) is 18.4. The zero-order chi connectivity index (χ0) is 23.8. The van der Waals surface area contributed by atoms with Gasteiger partial charge in [0.1, 0.15) is 5.56 Å². The van der Waals surface area contributed by atoms with Crippen LogP contribution in [0.2, 0.25) is 0 Å². The third-order valence-corrected chi connectivity index (χ3v) is 5.80. The number of amides is 1. The van der Waals surface area contributed by atoms with Gasteiger partial charge in [0.05, 0.1) is 10.6 Å². The standard InChI is InChI=1S/C16H7Br2F7N2O3S/c17-9-5-7(31-16(24,25)14(19,20)15(21,22)23)6-10(18)12(9)26-13(28)8-3-1-2-4-11(8)27(29)30/h1-6H,(H,26,28). The molecule has 0 radical (unpaired) electrons. The van der Waals surface area contributed by atoms with E-state index >= 15 is 0 Å². The minimum Gasteiger partial charge on any atom is -0.320 e. The third kappa shape index (κ3) is 5.31. The van der Waals surface area contributed by atoms with Gasteiger partial charge in [-0.15, -0.1) is 0 Å². The maximum Gasteiger partial charge on any atom is 0.460 e. The first kappa shape index (κ1) is 25.4. The Morgan fingerprint density at radius 2 is 1.52 bits per heavy atom. The number of nitro groups is 1. The Balaban J connectivity index is 2.33. The van der Waals surface area contributed by atoms with Crippen LogP contribution in [-0.4, -0.2) is 28.2 Å². The molecule has 0 fully saturated rings. The Morgan fingerprint density at radius 1 is 1.00 bits per heavy atom. The molecule has 5 nitrogen and oxygen atoms in total. The SMILES string of the molecule is O=C(Nc1c(Br)cc(SC(F)(F)C(F)(F)C(F)(F)F)cc1Br)c1ccccc1[N+](=O)[O-]. The Kier molecular flexibility index (Phi) is 7.32. The summed E-state index contributed by atoms with van der Waals surface area (Å²) < 4.78 is 90.0. The summed E-state index contributed by atoms with van der Waals surface area (Å²) in [7, 11) is 0. The number of thioether (sulfide) groups is 1. The van der Waals surface area contributed by atoms with Crippen LogP contribution in [0.15, 0.2) is 50.2 Å². The maximum atomic E-state index is 13.6. The lowest BCUT2D eigenvalue weighted by Crippen LogP contribution is -2.49. The van der Waals surface area contributed by atoms with E-state index in [9.17, 15) is 45.6 Å². The van der Waals surface area contributed by atoms with E-state index in [0.29, 0.717) is 0 Å². The fourth-order valence-corrected chi connectivity index (χ4v) is 4.69. The molecule has 1 N–H and O–H groups in total. The second-order valence-electron chi connectivity index (χ2n) is 5.68. The number of hydrogen-bond donors (Lipinski definition) is 1. The van der Waals surface area contributed by atoms with Gasteiger partial charge in [-0.1, -0.05) is 12.1 Å². The Morgan fingerprint density at radius 3 is 2.00 bits per heavy atom. The van der Waals surface area contributed by atoms with Crippen LogP contribution in [0, 0.1) is 10.1 Å². The highest BCUT2D eigenvalue weighted by Crippen LogP contribution is 2.54. The molecule has 0 saturated heterocycles. The monoisotopic (exact) mass is 598 g/mol. The van der Waals surface area contributed by atoms with Crippen molar-refractivity contribution in [3.63, 3.8) is 0 Å². The number of nitro benzene ring substituents is 1. The van der Waals surface area contributed by atoms with Crippen molar-refractivity contribution in [3.05, 3.63) is 61.0 Å². The summed E-state index contributed by atoms with van der Waals surface area (Å²) in [5.74, 6) is -7.26. The van der Waals surface area contributed by atoms with Crippen molar-refractivity contribution in [1.29, 1.82) is 0 Å². The summed E-state index contributed by atoms with van der Waals surface area (Å²) >= 11 is 4.77. The molecule has 0 saturated carbocycles. The number of halogens is 9. The number of alkyl halides is 7. The average molecular weight is 600 g/mol. The minimum atomic E-state index is -6.48. The van der Waals surface area contributed by atoms with Gasteiger partial charge in [0, 0.05) is 19.9 Å². The molecule has 0 heterocycles. The molecule has 0 unspecified atom stereocenters. The maximum absolute atomic E-state index is 13.6. The lowest BCUT2D eigenvalue weighted by atomic mass is 10.1. The molecule has 0 atom stereocenters. The molecule has 168 valence electrons. The molecule has 0 aliphatic heterocycles. The molecule has 2 aromatic carbocycles. The van der Waals surface area contributed by atoms with Gasteiger partial charge in [-0.05, 0) is 61.8 Å². The number of para-hydroxylation sites is 1. The fraction of sp³-hybridized carbons (Fsp3) is 0.188. The zero-order valence-electron chi connectivity index (χ0n) is 14.4. The molecule has 31 heavy (non-hydrogen) atoms. The molecule has 0 aliphatic rings. The van der Waals surface area contributed by atoms with Gasteiger partial charge in [0.25, 0.3) is 11.6 Å². The summed E-state index contributed by atoms with van der Waals surface area (Å²) in [5.41, 5.74) is -0.979. The first-order valence-electron chi connectivity index (χ1n) is 7.63. The summed E-state index contributed by atoms with van der Waals surface area (Å²) in [6.07, 6.45) is -6.48. The van der Waals surface area contributed by atoms with E-state index in [1.54, 1.807) is 0 Å². The smallest absolute Gasteiger partial charge is 0.320 e. The topological polar surface area (TPSA) is 72.2 Å².